The summed E-state index contributed by atoms with van der Waals surface area (Å²) in [4.78, 5) is 40.8. The Morgan fingerprint density at radius 1 is 0.569 bits per heavy atom. The summed E-state index contributed by atoms with van der Waals surface area (Å²) >= 11 is 0. The van der Waals surface area contributed by atoms with Crippen LogP contribution in [0.4, 0.5) is 0 Å². The van der Waals surface area contributed by atoms with Crippen molar-refractivity contribution < 1.29 is 19.1 Å². The van der Waals surface area contributed by atoms with Gasteiger partial charge >= 0.3 is 11.9 Å². The highest BCUT2D eigenvalue weighted by atomic mass is 16.5. The molecule has 322 valence electrons. The fraction of sp³-hybridized carbons (Fsp3) is 0.739. The molecule has 12 heteroatoms. The lowest BCUT2D eigenvalue weighted by Gasteiger charge is -2.42. The van der Waals surface area contributed by atoms with Crippen LogP contribution in [0.2, 0.25) is 0 Å². The van der Waals surface area contributed by atoms with E-state index in [2.05, 4.69) is 112 Å². The van der Waals surface area contributed by atoms with Crippen LogP contribution >= 0.6 is 0 Å². The summed E-state index contributed by atoms with van der Waals surface area (Å²) in [5, 5.41) is 20.8. The summed E-state index contributed by atoms with van der Waals surface area (Å²) in [6.45, 7) is 16.6. The second-order valence-electron chi connectivity index (χ2n) is 19.1. The van der Waals surface area contributed by atoms with Crippen molar-refractivity contribution in [3.8, 4) is 12.1 Å². The van der Waals surface area contributed by atoms with Crippen molar-refractivity contribution in [2.75, 3.05) is 108 Å². The maximum atomic E-state index is 13.6. The average Bonchev–Trinajstić information content (AvgIpc) is 3.89. The number of ether oxygens (including phenoxy) is 2. The third-order valence-corrected chi connectivity index (χ3v) is 12.0. The number of carbonyl (C=O) groups is 2. The monoisotopic (exact) mass is 803 g/mol. The first-order valence-electron chi connectivity index (χ1n) is 21.8. The number of carbonyl (C=O) groups excluding carboxylic acids is 2. The van der Waals surface area contributed by atoms with Crippen molar-refractivity contribution in [1.82, 2.24) is 29.4 Å². The molecule has 0 N–H and O–H groups in total. The minimum absolute atomic E-state index is 0.0970. The molecule has 0 atom stereocenters. The quantitative estimate of drug-likeness (QED) is 0.0613. The SMILES string of the molecule is CN(C)CCN(C)C1=C(N2CCCC2)CC(C)(C)C/C1=C(/C#N)C(=O)OCCCCCCOC(=O)/C(C#N)=C1\CC(C)(C)CC(N2CCCC2)=C1N(C)CCN(C)C. The van der Waals surface area contributed by atoms with Crippen molar-refractivity contribution in [3.05, 3.63) is 45.1 Å². The topological polar surface area (TPSA) is 120 Å². The van der Waals surface area contributed by atoms with E-state index in [1.54, 1.807) is 0 Å². The highest BCUT2D eigenvalue weighted by Gasteiger charge is 2.39. The Hall–Kier alpha value is -4.00. The van der Waals surface area contributed by atoms with E-state index in [0.29, 0.717) is 25.7 Å². The first kappa shape index (κ1) is 46.7. The van der Waals surface area contributed by atoms with Crippen LogP contribution in [-0.2, 0) is 19.1 Å². The van der Waals surface area contributed by atoms with Gasteiger partial charge in [-0.3, -0.25) is 0 Å². The van der Waals surface area contributed by atoms with E-state index in [1.165, 1.54) is 11.4 Å². The number of nitrogens with zero attached hydrogens (tertiary/aromatic N) is 8. The summed E-state index contributed by atoms with van der Waals surface area (Å²) in [7, 11) is 12.4. The van der Waals surface area contributed by atoms with E-state index in [9.17, 15) is 20.1 Å². The lowest BCUT2D eigenvalue weighted by molar-refractivity contribution is -0.140. The minimum Gasteiger partial charge on any atom is -0.462 e. The highest BCUT2D eigenvalue weighted by molar-refractivity contribution is 5.95. The van der Waals surface area contributed by atoms with Crippen LogP contribution in [0.25, 0.3) is 0 Å². The number of rotatable bonds is 19. The minimum atomic E-state index is -0.556. The molecule has 0 unspecified atom stereocenters. The van der Waals surface area contributed by atoms with Crippen LogP contribution in [0.15, 0.2) is 45.1 Å². The Bertz CT molecular complexity index is 1540. The third kappa shape index (κ3) is 12.7. The largest absolute Gasteiger partial charge is 0.462 e. The standard InChI is InChI=1S/C46H74N8O4/c1-45(2)29-35(41(51(9)25-23-49(5)6)39(31-45)53-19-13-14-20-53)37(33-47)43(55)57-27-17-11-12-18-28-58-44(56)38(34-48)36-30-46(3,4)32-40(54-21-15-16-22-54)42(36)52(10)26-24-50(7)8/h11-32H2,1-10H3/b37-35+,38-36+. The number of allylic oxidation sites excluding steroid dienone is 4. The smallest absolute Gasteiger partial charge is 0.349 e. The van der Waals surface area contributed by atoms with Crippen molar-refractivity contribution in [3.63, 3.8) is 0 Å². The van der Waals surface area contributed by atoms with Crippen LogP contribution in [-0.4, -0.2) is 149 Å². The Labute approximate surface area is 350 Å². The van der Waals surface area contributed by atoms with Crippen molar-refractivity contribution >= 4 is 11.9 Å². The number of esters is 2. The molecule has 2 fully saturated rings. The van der Waals surface area contributed by atoms with Crippen molar-refractivity contribution in [2.45, 2.75) is 105 Å². The van der Waals surface area contributed by atoms with Crippen molar-refractivity contribution in [1.29, 1.82) is 10.5 Å². The number of unbranched alkanes of at least 4 members (excludes halogenated alkanes) is 3. The van der Waals surface area contributed by atoms with Gasteiger partial charge in [0.25, 0.3) is 0 Å². The zero-order valence-electron chi connectivity index (χ0n) is 37.8. The molecule has 0 radical (unpaired) electrons. The van der Waals surface area contributed by atoms with Gasteiger partial charge in [0.1, 0.15) is 23.3 Å². The lowest BCUT2D eigenvalue weighted by Crippen LogP contribution is -2.38. The molecule has 58 heavy (non-hydrogen) atoms. The molecule has 2 aliphatic heterocycles. The Kier molecular flexibility index (Phi) is 17.2. The van der Waals surface area contributed by atoms with Gasteiger partial charge in [-0.15, -0.1) is 0 Å². The van der Waals surface area contributed by atoms with Gasteiger partial charge in [-0.05, 0) is 116 Å². The Morgan fingerprint density at radius 2 is 0.914 bits per heavy atom. The maximum Gasteiger partial charge on any atom is 0.349 e. The molecule has 0 bridgehead atoms. The van der Waals surface area contributed by atoms with Gasteiger partial charge in [-0.25, -0.2) is 9.59 Å². The fourth-order valence-corrected chi connectivity index (χ4v) is 8.91. The van der Waals surface area contributed by atoms with Gasteiger partial charge in [-0.2, -0.15) is 10.5 Å². The molecule has 0 aromatic rings. The van der Waals surface area contributed by atoms with E-state index < -0.39 is 11.9 Å². The van der Waals surface area contributed by atoms with E-state index >= 15 is 0 Å². The number of hydrogen-bond acceptors (Lipinski definition) is 12. The predicted octanol–water partition coefficient (Wildman–Crippen LogP) is 6.52. The van der Waals surface area contributed by atoms with Gasteiger partial charge in [0.05, 0.1) is 24.6 Å². The van der Waals surface area contributed by atoms with Gasteiger partial charge in [0.2, 0.25) is 0 Å². The number of likely N-dealkylation sites (N-methyl/N-ethyl adjacent to an activating group) is 4. The fourth-order valence-electron chi connectivity index (χ4n) is 8.91. The Balaban J connectivity index is 1.37. The van der Waals surface area contributed by atoms with Crippen LogP contribution in [0.1, 0.15) is 105 Å². The number of likely N-dealkylation sites (tertiary alicyclic amines) is 2. The Morgan fingerprint density at radius 3 is 1.22 bits per heavy atom. The van der Waals surface area contributed by atoms with Crippen LogP contribution < -0.4 is 0 Å². The van der Waals surface area contributed by atoms with Crippen LogP contribution in [0, 0.1) is 33.5 Å². The van der Waals surface area contributed by atoms with Gasteiger partial charge < -0.3 is 38.9 Å². The molecule has 4 aliphatic rings. The zero-order valence-corrected chi connectivity index (χ0v) is 37.8. The van der Waals surface area contributed by atoms with Crippen LogP contribution in [0.5, 0.6) is 0 Å². The molecule has 2 aliphatic carbocycles. The van der Waals surface area contributed by atoms with Gasteiger partial charge in [-0.1, -0.05) is 27.7 Å². The molecular formula is C46H74N8O4. The van der Waals surface area contributed by atoms with E-state index in [4.69, 9.17) is 9.47 Å². The average molecular weight is 803 g/mol. The molecule has 0 saturated carbocycles. The number of hydrogen-bond donors (Lipinski definition) is 0. The summed E-state index contributed by atoms with van der Waals surface area (Å²) in [6, 6.07) is 4.52. The molecule has 0 aromatic heterocycles. The zero-order chi connectivity index (χ0) is 42.6. The van der Waals surface area contributed by atoms with Gasteiger partial charge in [0.15, 0.2) is 0 Å². The van der Waals surface area contributed by atoms with E-state index in [-0.39, 0.29) is 35.2 Å². The second kappa shape index (κ2) is 21.3. The molecule has 2 heterocycles. The molecular weight excluding hydrogens is 729 g/mol. The molecule has 0 spiro atoms. The van der Waals surface area contributed by atoms with Crippen LogP contribution in [0.3, 0.4) is 0 Å². The van der Waals surface area contributed by atoms with Gasteiger partial charge in [0, 0.05) is 89.0 Å². The maximum absolute atomic E-state index is 13.6. The molecule has 4 rings (SSSR count). The summed E-state index contributed by atoms with van der Waals surface area (Å²) in [5.74, 6) is -1.11. The third-order valence-electron chi connectivity index (χ3n) is 12.0. The van der Waals surface area contributed by atoms with E-state index in [1.807, 2.05) is 0 Å². The first-order chi connectivity index (χ1) is 27.5. The predicted molar refractivity (Wildman–Crippen MR) is 230 cm³/mol. The summed E-state index contributed by atoms with van der Waals surface area (Å²) < 4.78 is 11.5. The second-order valence-corrected chi connectivity index (χ2v) is 19.1. The molecule has 12 nitrogen and oxygen atoms in total. The summed E-state index contributed by atoms with van der Waals surface area (Å²) in [5.41, 5.74) is 6.14. The number of nitriles is 2. The molecule has 2 saturated heterocycles. The first-order valence-corrected chi connectivity index (χ1v) is 21.8. The van der Waals surface area contributed by atoms with Crippen molar-refractivity contribution in [2.24, 2.45) is 10.8 Å². The molecule has 0 amide bonds. The lowest BCUT2D eigenvalue weighted by atomic mass is 9.73. The van der Waals surface area contributed by atoms with E-state index in [0.717, 1.165) is 126 Å². The normalized spacial score (nSPS) is 21.0. The highest BCUT2D eigenvalue weighted by Crippen LogP contribution is 2.47. The molecule has 0 aromatic carbocycles. The summed E-state index contributed by atoms with van der Waals surface area (Å²) in [6.07, 6.45) is 10.5.